The van der Waals surface area contributed by atoms with Crippen molar-refractivity contribution in [1.29, 1.82) is 0 Å². The molecule has 2 N–H and O–H groups in total. The molecule has 5 aromatic rings. The van der Waals surface area contributed by atoms with Crippen LogP contribution in [0.3, 0.4) is 0 Å². The number of carbonyl (C=O) groups is 1. The lowest BCUT2D eigenvalue weighted by atomic mass is 10.0. The molecule has 1 heterocycles. The number of amides is 1. The monoisotopic (exact) mass is 475 g/mol. The van der Waals surface area contributed by atoms with Gasteiger partial charge in [0.15, 0.2) is 0 Å². The summed E-state index contributed by atoms with van der Waals surface area (Å²) in [6, 6.07) is 23.1. The number of primary amides is 1. The van der Waals surface area contributed by atoms with Crippen molar-refractivity contribution in [1.82, 2.24) is 4.57 Å². The molecule has 0 aliphatic carbocycles. The van der Waals surface area contributed by atoms with E-state index in [-0.39, 0.29) is 12.4 Å². The van der Waals surface area contributed by atoms with E-state index in [0.717, 1.165) is 22.0 Å². The van der Waals surface area contributed by atoms with E-state index in [1.165, 1.54) is 0 Å². The number of fused-ring (bicyclic) bond motifs is 3. The number of nitrogens with two attached hydrogens (primary N) is 1. The number of hydrogen-bond acceptors (Lipinski definition) is 1. The van der Waals surface area contributed by atoms with E-state index in [0.29, 0.717) is 37.7 Å². The maximum atomic E-state index is 14.9. The fraction of sp³-hybridized carbons (Fsp3) is 0.0741. The van der Waals surface area contributed by atoms with E-state index >= 15 is 0 Å². The van der Waals surface area contributed by atoms with Crippen LogP contribution in [0.25, 0.3) is 32.9 Å². The lowest BCUT2D eigenvalue weighted by Gasteiger charge is -2.12. The molecular formula is C27H18Cl2FN2O. The van der Waals surface area contributed by atoms with Crippen LogP contribution in [0, 0.1) is 18.8 Å². The molecule has 0 spiro atoms. The van der Waals surface area contributed by atoms with Gasteiger partial charge in [-0.25, -0.2) is 4.39 Å². The molecule has 0 saturated carbocycles. The minimum atomic E-state index is -0.534. The lowest BCUT2D eigenvalue weighted by molar-refractivity contribution is 0.100. The van der Waals surface area contributed by atoms with E-state index in [4.69, 9.17) is 28.9 Å². The summed E-state index contributed by atoms with van der Waals surface area (Å²) in [5, 5.41) is 2.44. The van der Waals surface area contributed by atoms with Crippen molar-refractivity contribution >= 4 is 50.9 Å². The molecule has 163 valence electrons. The molecule has 1 radical (unpaired) electrons. The van der Waals surface area contributed by atoms with Gasteiger partial charge in [-0.1, -0.05) is 53.5 Å². The van der Waals surface area contributed by atoms with Crippen molar-refractivity contribution in [3.05, 3.63) is 105 Å². The average Bonchev–Trinajstić information content (AvgIpc) is 3.10. The fourth-order valence-electron chi connectivity index (χ4n) is 4.35. The molecular weight excluding hydrogens is 458 g/mol. The fourth-order valence-corrected chi connectivity index (χ4v) is 4.97. The number of carbonyl (C=O) groups excluding carboxylic acids is 1. The largest absolute Gasteiger partial charge is 0.366 e. The smallest absolute Gasteiger partial charge is 0.249 e. The number of rotatable bonds is 4. The summed E-state index contributed by atoms with van der Waals surface area (Å²) >= 11 is 12.9. The second-order valence-corrected chi connectivity index (χ2v) is 8.76. The van der Waals surface area contributed by atoms with Gasteiger partial charge in [-0.05, 0) is 60.5 Å². The summed E-state index contributed by atoms with van der Waals surface area (Å²) in [5.41, 5.74) is 10.2. The zero-order chi connectivity index (χ0) is 23.3. The maximum Gasteiger partial charge on any atom is 0.249 e. The normalized spacial score (nSPS) is 11.4. The summed E-state index contributed by atoms with van der Waals surface area (Å²) < 4.78 is 16.9. The summed E-state index contributed by atoms with van der Waals surface area (Å²) in [5.74, 6) is -0.791. The van der Waals surface area contributed by atoms with Gasteiger partial charge in [0.1, 0.15) is 5.82 Å². The van der Waals surface area contributed by atoms with Gasteiger partial charge in [-0.2, -0.15) is 0 Å². The maximum absolute atomic E-state index is 14.9. The Bertz CT molecular complexity index is 1550. The molecule has 4 aromatic carbocycles. The van der Waals surface area contributed by atoms with Crippen LogP contribution in [0.4, 0.5) is 4.39 Å². The van der Waals surface area contributed by atoms with Crippen molar-refractivity contribution in [3.8, 4) is 11.1 Å². The predicted molar refractivity (Wildman–Crippen MR) is 132 cm³/mol. The summed E-state index contributed by atoms with van der Waals surface area (Å²) in [4.78, 5) is 12.2. The molecule has 3 nitrogen and oxygen atoms in total. The van der Waals surface area contributed by atoms with Crippen LogP contribution in [0.5, 0.6) is 0 Å². The number of benzene rings is 4. The Balaban J connectivity index is 1.85. The minimum Gasteiger partial charge on any atom is -0.366 e. The molecule has 0 aliphatic rings. The highest BCUT2D eigenvalue weighted by Crippen LogP contribution is 2.39. The third-order valence-electron chi connectivity index (χ3n) is 5.91. The first kappa shape index (κ1) is 21.5. The van der Waals surface area contributed by atoms with E-state index in [9.17, 15) is 9.18 Å². The highest BCUT2D eigenvalue weighted by molar-refractivity contribution is 6.39. The predicted octanol–water partition coefficient (Wildman–Crippen LogP) is 7.16. The van der Waals surface area contributed by atoms with Crippen molar-refractivity contribution < 1.29 is 9.18 Å². The Morgan fingerprint density at radius 3 is 2.45 bits per heavy atom. The molecule has 6 heteroatoms. The van der Waals surface area contributed by atoms with Gasteiger partial charge in [0.25, 0.3) is 0 Å². The standard InChI is InChI=1S/C27H18Cl2FN2O/c1-15-5-2-6-17(26(15)30)14-32-22-10-3-7-19(27(31)33)25(22)18-12-11-16(13-23(18)32)24-20(28)8-4-9-21(24)29/h2-11,13H,14H2,1H3,(H2,31,33). The van der Waals surface area contributed by atoms with E-state index < -0.39 is 5.91 Å². The van der Waals surface area contributed by atoms with Crippen LogP contribution in [-0.4, -0.2) is 10.5 Å². The number of aryl methyl sites for hydroxylation is 1. The van der Waals surface area contributed by atoms with Gasteiger partial charge in [0.05, 0.1) is 17.6 Å². The van der Waals surface area contributed by atoms with Gasteiger partial charge in [-0.15, -0.1) is 0 Å². The molecule has 0 fully saturated rings. The van der Waals surface area contributed by atoms with Gasteiger partial charge in [0.2, 0.25) is 5.91 Å². The first-order valence-electron chi connectivity index (χ1n) is 10.3. The first-order valence-corrected chi connectivity index (χ1v) is 11.1. The second-order valence-electron chi connectivity index (χ2n) is 7.94. The van der Waals surface area contributed by atoms with Crippen LogP contribution in [0.15, 0.2) is 66.7 Å². The van der Waals surface area contributed by atoms with Crippen LogP contribution in [-0.2, 0) is 6.54 Å². The van der Waals surface area contributed by atoms with Gasteiger partial charge < -0.3 is 10.3 Å². The van der Waals surface area contributed by atoms with Crippen LogP contribution in [0.2, 0.25) is 10.0 Å². The minimum absolute atomic E-state index is 0.257. The Hall–Kier alpha value is -3.34. The van der Waals surface area contributed by atoms with E-state index in [1.807, 2.05) is 22.8 Å². The third kappa shape index (κ3) is 3.56. The van der Waals surface area contributed by atoms with Gasteiger partial charge in [0, 0.05) is 37.5 Å². The highest BCUT2D eigenvalue weighted by Gasteiger charge is 2.19. The molecule has 0 aliphatic heterocycles. The molecule has 0 saturated heterocycles. The molecule has 33 heavy (non-hydrogen) atoms. The third-order valence-corrected chi connectivity index (χ3v) is 6.54. The zero-order valence-electron chi connectivity index (χ0n) is 17.6. The Labute approximate surface area is 200 Å². The topological polar surface area (TPSA) is 48.0 Å². The Kier molecular flexibility index (Phi) is 5.35. The first-order chi connectivity index (χ1) is 15.9. The lowest BCUT2D eigenvalue weighted by Crippen LogP contribution is -2.11. The van der Waals surface area contributed by atoms with Crippen LogP contribution < -0.4 is 5.73 Å². The highest BCUT2D eigenvalue weighted by atomic mass is 35.5. The summed E-state index contributed by atoms with van der Waals surface area (Å²) in [6.45, 7) is 2.00. The molecule has 1 aromatic heterocycles. The van der Waals surface area contributed by atoms with Crippen molar-refractivity contribution in [2.75, 3.05) is 0 Å². The summed E-state index contributed by atoms with van der Waals surface area (Å²) in [6.07, 6.45) is 0. The zero-order valence-corrected chi connectivity index (χ0v) is 19.1. The number of halogens is 3. The van der Waals surface area contributed by atoms with Crippen LogP contribution >= 0.6 is 23.2 Å². The van der Waals surface area contributed by atoms with E-state index in [2.05, 4.69) is 6.07 Å². The quantitative estimate of drug-likeness (QED) is 0.294. The number of hydrogen-bond donors (Lipinski definition) is 1. The molecule has 0 bridgehead atoms. The van der Waals surface area contributed by atoms with Crippen molar-refractivity contribution in [3.63, 3.8) is 0 Å². The Morgan fingerprint density at radius 1 is 1.03 bits per heavy atom. The van der Waals surface area contributed by atoms with Crippen LogP contribution in [0.1, 0.15) is 21.5 Å². The Morgan fingerprint density at radius 2 is 1.73 bits per heavy atom. The number of nitrogens with zero attached hydrogens (tertiary/aromatic N) is 1. The average molecular weight is 476 g/mol. The van der Waals surface area contributed by atoms with Gasteiger partial charge in [-0.3, -0.25) is 4.79 Å². The van der Waals surface area contributed by atoms with Crippen molar-refractivity contribution in [2.45, 2.75) is 13.5 Å². The molecule has 1 amide bonds. The summed E-state index contributed by atoms with van der Waals surface area (Å²) in [7, 11) is 0. The SMILES string of the molecule is Cc1cccc(Cn2c3cc(-c4c(Cl)cccc4Cl)c[c]c3c3c(C(N)=O)cccc32)c1F. The molecule has 0 unspecified atom stereocenters. The molecule has 0 atom stereocenters. The number of aromatic nitrogens is 1. The van der Waals surface area contributed by atoms with Crippen molar-refractivity contribution in [2.24, 2.45) is 5.73 Å². The molecule has 5 rings (SSSR count). The van der Waals surface area contributed by atoms with E-state index in [1.54, 1.807) is 55.5 Å². The van der Waals surface area contributed by atoms with Gasteiger partial charge >= 0.3 is 0 Å². The second kappa shape index (κ2) is 8.22.